The Morgan fingerprint density at radius 3 is 1.78 bits per heavy atom. The molecule has 0 aromatic heterocycles. The quantitative estimate of drug-likeness (QED) is 0.712. The summed E-state index contributed by atoms with van der Waals surface area (Å²) in [7, 11) is 5.42. The summed E-state index contributed by atoms with van der Waals surface area (Å²) >= 11 is 0. The molecule has 0 heterocycles. The SMILES string of the molecule is CCC.CCCN(C)CC.P=Cc1ccccc1. The number of benzene rings is 1. The molecule has 104 valence electrons. The van der Waals surface area contributed by atoms with Crippen molar-refractivity contribution in [3.8, 4) is 0 Å². The molecule has 0 aliphatic rings. The Balaban J connectivity index is 0. The average molecular weight is 267 g/mol. The van der Waals surface area contributed by atoms with E-state index in [0.29, 0.717) is 0 Å². The summed E-state index contributed by atoms with van der Waals surface area (Å²) in [6, 6.07) is 10.1. The van der Waals surface area contributed by atoms with Crippen LogP contribution in [0.25, 0.3) is 0 Å². The van der Waals surface area contributed by atoms with Gasteiger partial charge < -0.3 is 4.90 Å². The van der Waals surface area contributed by atoms with E-state index in [0.717, 1.165) is 0 Å². The Bertz CT molecular complexity index is 259. The maximum absolute atomic E-state index is 3.28. The van der Waals surface area contributed by atoms with E-state index in [1.807, 2.05) is 36.1 Å². The van der Waals surface area contributed by atoms with Crippen molar-refractivity contribution in [3.05, 3.63) is 35.9 Å². The van der Waals surface area contributed by atoms with E-state index in [1.54, 1.807) is 0 Å². The van der Waals surface area contributed by atoms with Gasteiger partial charge in [0.1, 0.15) is 0 Å². The molecule has 2 heteroatoms. The highest BCUT2D eigenvalue weighted by atomic mass is 31.0. The van der Waals surface area contributed by atoms with E-state index in [1.165, 1.54) is 31.5 Å². The van der Waals surface area contributed by atoms with E-state index >= 15 is 0 Å². The lowest BCUT2D eigenvalue weighted by atomic mass is 10.2. The Morgan fingerprint density at radius 1 is 1.06 bits per heavy atom. The van der Waals surface area contributed by atoms with Crippen LogP contribution in [0.1, 0.15) is 46.1 Å². The second-order valence-electron chi connectivity index (χ2n) is 4.16. The van der Waals surface area contributed by atoms with Crippen LogP contribution in [0.2, 0.25) is 0 Å². The van der Waals surface area contributed by atoms with Gasteiger partial charge in [0, 0.05) is 0 Å². The third-order valence-electron chi connectivity index (χ3n) is 2.11. The molecule has 1 aromatic rings. The molecule has 0 saturated heterocycles. The molecule has 0 bridgehead atoms. The minimum Gasteiger partial charge on any atom is -0.307 e. The van der Waals surface area contributed by atoms with Gasteiger partial charge in [-0.25, -0.2) is 0 Å². The van der Waals surface area contributed by atoms with Crippen LogP contribution in [0.5, 0.6) is 0 Å². The summed E-state index contributed by atoms with van der Waals surface area (Å²) in [5.74, 6) is 1.89. The molecular formula is C16H30NP. The second kappa shape index (κ2) is 16.4. The van der Waals surface area contributed by atoms with Crippen molar-refractivity contribution in [1.29, 1.82) is 0 Å². The van der Waals surface area contributed by atoms with E-state index in [4.69, 9.17) is 0 Å². The van der Waals surface area contributed by atoms with Crippen molar-refractivity contribution < 1.29 is 0 Å². The zero-order valence-corrected chi connectivity index (χ0v) is 13.7. The lowest BCUT2D eigenvalue weighted by molar-refractivity contribution is 0.353. The molecule has 1 rings (SSSR count). The van der Waals surface area contributed by atoms with Crippen LogP contribution < -0.4 is 0 Å². The minimum absolute atomic E-state index is 1.17. The van der Waals surface area contributed by atoms with Crippen LogP contribution in [0.4, 0.5) is 0 Å². The van der Waals surface area contributed by atoms with Crippen LogP contribution in [-0.4, -0.2) is 30.8 Å². The molecule has 0 saturated carbocycles. The molecule has 0 spiro atoms. The maximum Gasteiger partial charge on any atom is -0.00245 e. The molecule has 0 amide bonds. The average Bonchev–Trinajstić information content (AvgIpc) is 2.41. The van der Waals surface area contributed by atoms with Crippen molar-refractivity contribution in [3.63, 3.8) is 0 Å². The van der Waals surface area contributed by atoms with Gasteiger partial charge in [-0.2, -0.15) is 0 Å². The van der Waals surface area contributed by atoms with Crippen LogP contribution in [-0.2, 0) is 0 Å². The Hall–Kier alpha value is -0.650. The Labute approximate surface area is 116 Å². The first-order valence-electron chi connectivity index (χ1n) is 6.90. The van der Waals surface area contributed by atoms with E-state index in [-0.39, 0.29) is 0 Å². The molecule has 0 fully saturated rings. The summed E-state index contributed by atoms with van der Waals surface area (Å²) in [6.45, 7) is 11.0. The van der Waals surface area contributed by atoms with Gasteiger partial charge in [0.05, 0.1) is 0 Å². The molecule has 0 radical (unpaired) electrons. The second-order valence-corrected chi connectivity index (χ2v) is 4.45. The fourth-order valence-electron chi connectivity index (χ4n) is 1.09. The van der Waals surface area contributed by atoms with E-state index in [2.05, 4.69) is 48.5 Å². The van der Waals surface area contributed by atoms with Crippen LogP contribution in [0.3, 0.4) is 0 Å². The van der Waals surface area contributed by atoms with Gasteiger partial charge in [0.15, 0.2) is 0 Å². The minimum atomic E-state index is 1.17. The van der Waals surface area contributed by atoms with Gasteiger partial charge in [0.25, 0.3) is 0 Å². The van der Waals surface area contributed by atoms with Gasteiger partial charge >= 0.3 is 0 Å². The summed E-state index contributed by atoms with van der Waals surface area (Å²) in [5.41, 5.74) is 1.20. The summed E-state index contributed by atoms with van der Waals surface area (Å²) in [6.07, 6.45) is 2.52. The Morgan fingerprint density at radius 2 is 1.56 bits per heavy atom. The molecule has 0 aliphatic carbocycles. The van der Waals surface area contributed by atoms with Crippen molar-refractivity contribution in [2.75, 3.05) is 20.1 Å². The fourth-order valence-corrected chi connectivity index (χ4v) is 1.28. The lowest BCUT2D eigenvalue weighted by Crippen LogP contribution is -2.17. The number of hydrogen-bond acceptors (Lipinski definition) is 1. The number of hydrogen-bond donors (Lipinski definition) is 0. The van der Waals surface area contributed by atoms with Crippen molar-refractivity contribution in [2.45, 2.75) is 40.5 Å². The van der Waals surface area contributed by atoms with Gasteiger partial charge in [-0.3, -0.25) is 0 Å². The first-order valence-corrected chi connectivity index (χ1v) is 7.47. The zero-order valence-electron chi connectivity index (χ0n) is 12.7. The Kier molecular flexibility index (Phi) is 17.9. The monoisotopic (exact) mass is 267 g/mol. The summed E-state index contributed by atoms with van der Waals surface area (Å²) < 4.78 is 0. The first-order chi connectivity index (χ1) is 8.65. The highest BCUT2D eigenvalue weighted by Gasteiger charge is 1.86. The topological polar surface area (TPSA) is 3.24 Å². The first kappa shape index (κ1) is 19.7. The normalized spacial score (nSPS) is 8.78. The predicted molar refractivity (Wildman–Crippen MR) is 89.4 cm³/mol. The molecule has 0 N–H and O–H groups in total. The van der Waals surface area contributed by atoms with Crippen LogP contribution in [0.15, 0.2) is 30.3 Å². The highest BCUT2D eigenvalue weighted by Crippen LogP contribution is 1.93. The third-order valence-corrected chi connectivity index (χ3v) is 2.44. The van der Waals surface area contributed by atoms with Crippen molar-refractivity contribution in [2.24, 2.45) is 0 Å². The van der Waals surface area contributed by atoms with E-state index < -0.39 is 0 Å². The molecule has 1 aromatic carbocycles. The van der Waals surface area contributed by atoms with Gasteiger partial charge in [-0.1, -0.05) is 64.4 Å². The smallest absolute Gasteiger partial charge is 0.00245 e. The third kappa shape index (κ3) is 15.4. The molecule has 1 nitrogen and oxygen atoms in total. The molecule has 0 unspecified atom stereocenters. The van der Waals surface area contributed by atoms with Gasteiger partial charge in [-0.15, -0.1) is 8.86 Å². The predicted octanol–water partition coefficient (Wildman–Crippen LogP) is 4.74. The fraction of sp³-hybridized carbons (Fsp3) is 0.562. The van der Waals surface area contributed by atoms with Crippen LogP contribution >= 0.6 is 8.86 Å². The summed E-state index contributed by atoms with van der Waals surface area (Å²) in [5, 5.41) is 0. The molecule has 0 aliphatic heterocycles. The highest BCUT2D eigenvalue weighted by molar-refractivity contribution is 7.19. The van der Waals surface area contributed by atoms with E-state index in [9.17, 15) is 0 Å². The van der Waals surface area contributed by atoms with Gasteiger partial charge in [0.2, 0.25) is 0 Å². The maximum atomic E-state index is 3.28. The van der Waals surface area contributed by atoms with Gasteiger partial charge in [-0.05, 0) is 37.9 Å². The zero-order chi connectivity index (χ0) is 14.2. The van der Waals surface area contributed by atoms with Crippen LogP contribution in [0, 0.1) is 0 Å². The lowest BCUT2D eigenvalue weighted by Gasteiger charge is -2.10. The number of rotatable bonds is 4. The molecule has 18 heavy (non-hydrogen) atoms. The molecule has 0 atom stereocenters. The van der Waals surface area contributed by atoms with Crippen molar-refractivity contribution in [1.82, 2.24) is 4.90 Å². The largest absolute Gasteiger partial charge is 0.307 e. The van der Waals surface area contributed by atoms with Crippen molar-refractivity contribution >= 4 is 14.7 Å². The number of nitrogens with zero attached hydrogens (tertiary/aromatic N) is 1. The standard InChI is InChI=1S/C7H7P.C6H15N.C3H8/c8-6-7-4-2-1-3-5-7;1-4-6-7(3)5-2;1-3-2/h1-6,8H;4-6H2,1-3H3;3H2,1-2H3. The summed E-state index contributed by atoms with van der Waals surface area (Å²) in [4.78, 5) is 2.31. The molecular weight excluding hydrogens is 237 g/mol.